The first-order chi connectivity index (χ1) is 8.24. The number of nitrogens with zero attached hydrogens (tertiary/aromatic N) is 2. The zero-order valence-corrected chi connectivity index (χ0v) is 11.1. The van der Waals surface area contributed by atoms with E-state index in [-0.39, 0.29) is 12.4 Å². The molecule has 0 radical (unpaired) electrons. The number of fused-ring (bicyclic) bond motifs is 1. The van der Waals surface area contributed by atoms with E-state index in [1.807, 2.05) is 6.07 Å². The topological polar surface area (TPSA) is 41.6 Å². The van der Waals surface area contributed by atoms with E-state index in [1.54, 1.807) is 12.4 Å². The van der Waals surface area contributed by atoms with Crippen LogP contribution in [0.1, 0.15) is 11.1 Å². The summed E-state index contributed by atoms with van der Waals surface area (Å²) in [6.45, 7) is 4.23. The van der Waals surface area contributed by atoms with Crippen LogP contribution >= 0.6 is 12.4 Å². The van der Waals surface area contributed by atoms with Crippen LogP contribution in [0.4, 0.5) is 0 Å². The van der Waals surface area contributed by atoms with Crippen molar-refractivity contribution in [1.82, 2.24) is 15.0 Å². The second kappa shape index (κ2) is 4.78. The van der Waals surface area contributed by atoms with Crippen molar-refractivity contribution < 1.29 is 0 Å². The van der Waals surface area contributed by atoms with Crippen molar-refractivity contribution >= 4 is 23.4 Å². The fourth-order valence-corrected chi connectivity index (χ4v) is 1.88. The largest absolute Gasteiger partial charge is 0.338 e. The highest BCUT2D eigenvalue weighted by atomic mass is 35.5. The lowest BCUT2D eigenvalue weighted by Crippen LogP contribution is -1.84. The van der Waals surface area contributed by atoms with Crippen LogP contribution in [-0.4, -0.2) is 15.0 Å². The van der Waals surface area contributed by atoms with E-state index in [9.17, 15) is 0 Å². The predicted octanol–water partition coefficient (Wildman–Crippen LogP) is 3.66. The minimum atomic E-state index is 0. The third-order valence-electron chi connectivity index (χ3n) is 3.07. The zero-order valence-electron chi connectivity index (χ0n) is 10.3. The average molecular weight is 260 g/mol. The van der Waals surface area contributed by atoms with Gasteiger partial charge in [-0.05, 0) is 37.1 Å². The van der Waals surface area contributed by atoms with Crippen molar-refractivity contribution in [3.63, 3.8) is 0 Å². The Morgan fingerprint density at radius 3 is 2.61 bits per heavy atom. The molecule has 0 amide bonds. The summed E-state index contributed by atoms with van der Waals surface area (Å²) in [6.07, 6.45) is 3.54. The molecule has 0 aliphatic rings. The molecule has 0 saturated heterocycles. The Morgan fingerprint density at radius 2 is 1.89 bits per heavy atom. The molecule has 0 unspecified atom stereocenters. The molecule has 0 saturated carbocycles. The van der Waals surface area contributed by atoms with Gasteiger partial charge in [-0.15, -0.1) is 12.4 Å². The molecule has 1 N–H and O–H groups in total. The highest BCUT2D eigenvalue weighted by Gasteiger charge is 2.05. The summed E-state index contributed by atoms with van der Waals surface area (Å²) in [5.74, 6) is 0.899. The van der Waals surface area contributed by atoms with Gasteiger partial charge in [0.15, 0.2) is 0 Å². The minimum absolute atomic E-state index is 0. The number of halogens is 1. The number of nitrogens with one attached hydrogen (secondary N) is 1. The lowest BCUT2D eigenvalue weighted by Gasteiger charge is -2.02. The first-order valence-corrected chi connectivity index (χ1v) is 5.61. The van der Waals surface area contributed by atoms with E-state index in [0.717, 1.165) is 22.4 Å². The molecule has 3 nitrogen and oxygen atoms in total. The number of benzene rings is 1. The first kappa shape index (κ1) is 12.6. The van der Waals surface area contributed by atoms with Crippen molar-refractivity contribution in [2.45, 2.75) is 13.8 Å². The van der Waals surface area contributed by atoms with E-state index in [2.05, 4.69) is 47.0 Å². The van der Waals surface area contributed by atoms with Gasteiger partial charge in [-0.1, -0.05) is 12.1 Å². The van der Waals surface area contributed by atoms with Crippen LogP contribution in [0, 0.1) is 13.8 Å². The van der Waals surface area contributed by atoms with E-state index < -0.39 is 0 Å². The fourth-order valence-electron chi connectivity index (χ4n) is 1.88. The maximum Gasteiger partial charge on any atom is 0.138 e. The van der Waals surface area contributed by atoms with Gasteiger partial charge < -0.3 is 4.98 Å². The molecule has 0 spiro atoms. The number of aromatic amines is 1. The molecule has 0 aliphatic carbocycles. The van der Waals surface area contributed by atoms with Crippen LogP contribution in [0.25, 0.3) is 22.4 Å². The quantitative estimate of drug-likeness (QED) is 0.725. The Balaban J connectivity index is 0.00000120. The molecule has 0 bridgehead atoms. The van der Waals surface area contributed by atoms with Gasteiger partial charge in [-0.25, -0.2) is 4.98 Å². The number of aromatic nitrogens is 3. The standard InChI is InChI=1S/C14H13N3.ClH/c1-9-3-4-11(7-10(9)2)14-16-12-5-6-15-8-13(12)17-14;/h3-8H,1-2H3,(H,16,17);1H. The van der Waals surface area contributed by atoms with Crippen LogP contribution < -0.4 is 0 Å². The number of hydrogen-bond acceptors (Lipinski definition) is 2. The third kappa shape index (κ3) is 2.09. The Labute approximate surface area is 112 Å². The smallest absolute Gasteiger partial charge is 0.138 e. The molecular weight excluding hydrogens is 246 g/mol. The maximum absolute atomic E-state index is 4.54. The first-order valence-electron chi connectivity index (χ1n) is 5.61. The van der Waals surface area contributed by atoms with Gasteiger partial charge in [-0.3, -0.25) is 4.98 Å². The van der Waals surface area contributed by atoms with Crippen LogP contribution in [0.2, 0.25) is 0 Å². The predicted molar refractivity (Wildman–Crippen MR) is 76.0 cm³/mol. The molecule has 2 aromatic heterocycles. The summed E-state index contributed by atoms with van der Waals surface area (Å²) in [4.78, 5) is 11.9. The van der Waals surface area contributed by atoms with Crippen LogP contribution in [0.5, 0.6) is 0 Å². The number of aryl methyl sites for hydroxylation is 2. The molecule has 18 heavy (non-hydrogen) atoms. The Morgan fingerprint density at radius 1 is 1.06 bits per heavy atom. The highest BCUT2D eigenvalue weighted by Crippen LogP contribution is 2.21. The fraction of sp³-hybridized carbons (Fsp3) is 0.143. The number of pyridine rings is 1. The van der Waals surface area contributed by atoms with E-state index in [0.29, 0.717) is 0 Å². The summed E-state index contributed by atoms with van der Waals surface area (Å²) in [5, 5.41) is 0. The maximum atomic E-state index is 4.54. The highest BCUT2D eigenvalue weighted by molar-refractivity contribution is 5.85. The monoisotopic (exact) mass is 259 g/mol. The number of rotatable bonds is 1. The molecule has 0 aliphatic heterocycles. The molecule has 0 fully saturated rings. The summed E-state index contributed by atoms with van der Waals surface area (Å²) >= 11 is 0. The summed E-state index contributed by atoms with van der Waals surface area (Å²) < 4.78 is 0. The van der Waals surface area contributed by atoms with Gasteiger partial charge >= 0.3 is 0 Å². The molecule has 3 aromatic rings. The molecular formula is C14H14ClN3. The Kier molecular flexibility index (Phi) is 3.34. The molecule has 92 valence electrons. The lowest BCUT2D eigenvalue weighted by molar-refractivity contribution is 1.29. The van der Waals surface area contributed by atoms with Crippen LogP contribution in [-0.2, 0) is 0 Å². The normalized spacial score (nSPS) is 10.3. The van der Waals surface area contributed by atoms with Crippen molar-refractivity contribution in [2.24, 2.45) is 0 Å². The second-order valence-electron chi connectivity index (χ2n) is 4.28. The summed E-state index contributed by atoms with van der Waals surface area (Å²) in [7, 11) is 0. The molecule has 2 heterocycles. The van der Waals surface area contributed by atoms with Crippen molar-refractivity contribution in [3.05, 3.63) is 47.8 Å². The summed E-state index contributed by atoms with van der Waals surface area (Å²) in [6, 6.07) is 8.30. The average Bonchev–Trinajstić information content (AvgIpc) is 2.76. The van der Waals surface area contributed by atoms with E-state index in [4.69, 9.17) is 0 Å². The number of hydrogen-bond donors (Lipinski definition) is 1. The Bertz CT molecular complexity index is 655. The minimum Gasteiger partial charge on any atom is -0.338 e. The molecule has 4 heteroatoms. The van der Waals surface area contributed by atoms with Gasteiger partial charge in [0, 0.05) is 11.8 Å². The van der Waals surface area contributed by atoms with Gasteiger partial charge in [0.25, 0.3) is 0 Å². The number of imidazole rings is 1. The van der Waals surface area contributed by atoms with Crippen LogP contribution in [0.3, 0.4) is 0 Å². The van der Waals surface area contributed by atoms with Crippen molar-refractivity contribution in [2.75, 3.05) is 0 Å². The molecule has 0 atom stereocenters. The van der Waals surface area contributed by atoms with E-state index >= 15 is 0 Å². The van der Waals surface area contributed by atoms with Gasteiger partial charge in [0.05, 0.1) is 11.7 Å². The number of H-pyrrole nitrogens is 1. The van der Waals surface area contributed by atoms with Crippen molar-refractivity contribution in [1.29, 1.82) is 0 Å². The molecule has 3 rings (SSSR count). The summed E-state index contributed by atoms with van der Waals surface area (Å²) in [5.41, 5.74) is 5.62. The van der Waals surface area contributed by atoms with Crippen molar-refractivity contribution in [3.8, 4) is 11.4 Å². The van der Waals surface area contributed by atoms with Crippen LogP contribution in [0.15, 0.2) is 36.7 Å². The molecule has 1 aromatic carbocycles. The third-order valence-corrected chi connectivity index (χ3v) is 3.07. The van der Waals surface area contributed by atoms with Gasteiger partial charge in [0.2, 0.25) is 0 Å². The second-order valence-corrected chi connectivity index (χ2v) is 4.28. The SMILES string of the molecule is Cc1ccc(-c2nc3cnccc3[nH]2)cc1C.Cl. The zero-order chi connectivity index (χ0) is 11.8. The Hall–Kier alpha value is -1.87. The van der Waals surface area contributed by atoms with E-state index in [1.165, 1.54) is 11.1 Å². The lowest BCUT2D eigenvalue weighted by atomic mass is 10.1. The van der Waals surface area contributed by atoms with Gasteiger partial charge in [-0.2, -0.15) is 0 Å². The van der Waals surface area contributed by atoms with Gasteiger partial charge in [0.1, 0.15) is 11.3 Å².